The van der Waals surface area contributed by atoms with Crippen molar-refractivity contribution in [1.82, 2.24) is 15.1 Å². The normalized spacial score (nSPS) is 16.5. The Morgan fingerprint density at radius 1 is 1.47 bits per heavy atom. The van der Waals surface area contributed by atoms with Crippen molar-refractivity contribution in [3.05, 3.63) is 30.5 Å². The van der Waals surface area contributed by atoms with Gasteiger partial charge in [0.15, 0.2) is 0 Å². The minimum absolute atomic E-state index is 0.0371. The Morgan fingerprint density at radius 3 is 3.05 bits per heavy atom. The molecule has 1 unspecified atom stereocenters. The van der Waals surface area contributed by atoms with E-state index in [9.17, 15) is 4.79 Å². The van der Waals surface area contributed by atoms with Gasteiger partial charge in [-0.25, -0.2) is 0 Å². The van der Waals surface area contributed by atoms with E-state index in [0.717, 1.165) is 10.9 Å². The van der Waals surface area contributed by atoms with Crippen molar-refractivity contribution in [3.63, 3.8) is 0 Å². The number of hydrogen-bond acceptors (Lipinski definition) is 3. The van der Waals surface area contributed by atoms with Crippen molar-refractivity contribution in [2.75, 3.05) is 6.54 Å². The highest BCUT2D eigenvalue weighted by atomic mass is 16.2. The van der Waals surface area contributed by atoms with Crippen molar-refractivity contribution >= 4 is 16.8 Å². The standard InChI is InChI=1S/C14H18N4O/c15-12(10-5-6-10)8-16-14(19)9-18-13-4-2-1-3-11(13)7-17-18/h1-4,7,10,12H,5-6,8-9,15H2,(H,16,19). The van der Waals surface area contributed by atoms with Crippen LogP contribution in [0.25, 0.3) is 10.9 Å². The highest BCUT2D eigenvalue weighted by molar-refractivity contribution is 5.81. The maximum Gasteiger partial charge on any atom is 0.241 e. The molecule has 0 saturated heterocycles. The predicted octanol–water partition coefficient (Wildman–Crippen LogP) is 0.890. The molecule has 1 atom stereocenters. The molecule has 5 nitrogen and oxygen atoms in total. The molecule has 3 N–H and O–H groups in total. The van der Waals surface area contributed by atoms with Crippen LogP contribution in [0.4, 0.5) is 0 Å². The van der Waals surface area contributed by atoms with E-state index in [2.05, 4.69) is 10.4 Å². The Morgan fingerprint density at radius 2 is 2.26 bits per heavy atom. The van der Waals surface area contributed by atoms with Gasteiger partial charge in [-0.3, -0.25) is 9.48 Å². The largest absolute Gasteiger partial charge is 0.353 e. The SMILES string of the molecule is NC(CNC(=O)Cn1ncc2ccccc21)C1CC1. The van der Waals surface area contributed by atoms with E-state index < -0.39 is 0 Å². The molecular weight excluding hydrogens is 240 g/mol. The lowest BCUT2D eigenvalue weighted by atomic mass is 10.2. The quantitative estimate of drug-likeness (QED) is 0.836. The summed E-state index contributed by atoms with van der Waals surface area (Å²) in [5.41, 5.74) is 6.93. The van der Waals surface area contributed by atoms with Crippen molar-refractivity contribution in [3.8, 4) is 0 Å². The van der Waals surface area contributed by atoms with E-state index in [1.807, 2.05) is 24.3 Å². The first kappa shape index (κ1) is 12.2. The lowest BCUT2D eigenvalue weighted by Crippen LogP contribution is -2.39. The third kappa shape index (κ3) is 2.76. The first-order valence-electron chi connectivity index (χ1n) is 6.67. The summed E-state index contributed by atoms with van der Waals surface area (Å²) in [4.78, 5) is 11.9. The number of nitrogens with one attached hydrogen (secondary N) is 1. The Bertz CT molecular complexity index is 588. The Balaban J connectivity index is 1.59. The first-order chi connectivity index (χ1) is 9.24. The van der Waals surface area contributed by atoms with Gasteiger partial charge in [-0.2, -0.15) is 5.10 Å². The smallest absolute Gasteiger partial charge is 0.241 e. The third-order valence-corrected chi connectivity index (χ3v) is 3.61. The van der Waals surface area contributed by atoms with Gasteiger partial charge < -0.3 is 11.1 Å². The molecule has 1 aliphatic carbocycles. The molecule has 0 bridgehead atoms. The highest BCUT2D eigenvalue weighted by Crippen LogP contribution is 2.31. The van der Waals surface area contributed by atoms with Gasteiger partial charge >= 0.3 is 0 Å². The summed E-state index contributed by atoms with van der Waals surface area (Å²) >= 11 is 0. The molecule has 1 aliphatic rings. The number of carbonyl (C=O) groups is 1. The zero-order valence-corrected chi connectivity index (χ0v) is 10.7. The molecule has 0 spiro atoms. The number of nitrogens with two attached hydrogens (primary N) is 1. The fraction of sp³-hybridized carbons (Fsp3) is 0.429. The number of carbonyl (C=O) groups excluding carboxylic acids is 1. The lowest BCUT2D eigenvalue weighted by molar-refractivity contribution is -0.121. The van der Waals surface area contributed by atoms with Crippen LogP contribution in [0.2, 0.25) is 0 Å². The van der Waals surface area contributed by atoms with Crippen molar-refractivity contribution in [2.45, 2.75) is 25.4 Å². The van der Waals surface area contributed by atoms with Crippen LogP contribution < -0.4 is 11.1 Å². The molecule has 19 heavy (non-hydrogen) atoms. The molecule has 1 aromatic carbocycles. The number of fused-ring (bicyclic) bond motifs is 1. The number of rotatable bonds is 5. The molecular formula is C14H18N4O. The molecule has 1 amide bonds. The van der Waals surface area contributed by atoms with Gasteiger partial charge in [0.1, 0.15) is 6.54 Å². The number of hydrogen-bond donors (Lipinski definition) is 2. The molecule has 1 fully saturated rings. The van der Waals surface area contributed by atoms with Crippen molar-refractivity contribution in [2.24, 2.45) is 11.7 Å². The average Bonchev–Trinajstić information content (AvgIpc) is 3.20. The second-order valence-corrected chi connectivity index (χ2v) is 5.17. The van der Waals surface area contributed by atoms with Crippen LogP contribution in [-0.2, 0) is 11.3 Å². The number of benzene rings is 1. The molecule has 0 radical (unpaired) electrons. The Kier molecular flexibility index (Phi) is 3.21. The molecule has 1 heterocycles. The first-order valence-corrected chi connectivity index (χ1v) is 6.67. The van der Waals surface area contributed by atoms with Gasteiger partial charge in [0, 0.05) is 18.0 Å². The number of amides is 1. The van der Waals surface area contributed by atoms with E-state index in [0.29, 0.717) is 12.5 Å². The van der Waals surface area contributed by atoms with Crippen LogP contribution in [0.15, 0.2) is 30.5 Å². The van der Waals surface area contributed by atoms with E-state index >= 15 is 0 Å². The summed E-state index contributed by atoms with van der Waals surface area (Å²) < 4.78 is 1.72. The van der Waals surface area contributed by atoms with Gasteiger partial charge in [-0.15, -0.1) is 0 Å². The molecule has 1 saturated carbocycles. The zero-order chi connectivity index (χ0) is 13.2. The monoisotopic (exact) mass is 258 g/mol. The maximum absolute atomic E-state index is 11.9. The van der Waals surface area contributed by atoms with Gasteiger partial charge in [0.2, 0.25) is 5.91 Å². The average molecular weight is 258 g/mol. The van der Waals surface area contributed by atoms with Gasteiger partial charge in [0.25, 0.3) is 0 Å². The molecule has 0 aliphatic heterocycles. The van der Waals surface area contributed by atoms with E-state index in [1.54, 1.807) is 10.9 Å². The van der Waals surface area contributed by atoms with E-state index in [1.165, 1.54) is 12.8 Å². The Hall–Kier alpha value is -1.88. The van der Waals surface area contributed by atoms with Crippen LogP contribution in [0.1, 0.15) is 12.8 Å². The molecule has 5 heteroatoms. The predicted molar refractivity (Wildman–Crippen MR) is 73.4 cm³/mol. The zero-order valence-electron chi connectivity index (χ0n) is 10.7. The number of nitrogens with zero attached hydrogens (tertiary/aromatic N) is 2. The molecule has 3 rings (SSSR count). The fourth-order valence-corrected chi connectivity index (χ4v) is 2.27. The van der Waals surface area contributed by atoms with Gasteiger partial charge in [0.05, 0.1) is 11.7 Å². The topological polar surface area (TPSA) is 72.9 Å². The summed E-state index contributed by atoms with van der Waals surface area (Å²) in [6, 6.07) is 7.95. The molecule has 1 aromatic heterocycles. The number of para-hydroxylation sites is 1. The van der Waals surface area contributed by atoms with Crippen LogP contribution in [0, 0.1) is 5.92 Å². The fourth-order valence-electron chi connectivity index (χ4n) is 2.27. The van der Waals surface area contributed by atoms with E-state index in [4.69, 9.17) is 5.73 Å². The van der Waals surface area contributed by atoms with Crippen molar-refractivity contribution in [1.29, 1.82) is 0 Å². The highest BCUT2D eigenvalue weighted by Gasteiger charge is 2.28. The minimum Gasteiger partial charge on any atom is -0.353 e. The summed E-state index contributed by atoms with van der Waals surface area (Å²) in [5.74, 6) is 0.566. The van der Waals surface area contributed by atoms with Crippen LogP contribution >= 0.6 is 0 Å². The van der Waals surface area contributed by atoms with E-state index in [-0.39, 0.29) is 18.5 Å². The summed E-state index contributed by atoms with van der Waals surface area (Å²) in [7, 11) is 0. The molecule has 2 aromatic rings. The lowest BCUT2D eigenvalue weighted by Gasteiger charge is -2.11. The molecule has 100 valence electrons. The maximum atomic E-state index is 11.9. The minimum atomic E-state index is -0.0371. The second-order valence-electron chi connectivity index (χ2n) is 5.17. The van der Waals surface area contributed by atoms with Crippen LogP contribution in [0.5, 0.6) is 0 Å². The van der Waals surface area contributed by atoms with Crippen LogP contribution in [0.3, 0.4) is 0 Å². The summed E-state index contributed by atoms with van der Waals surface area (Å²) in [6.45, 7) is 0.799. The third-order valence-electron chi connectivity index (χ3n) is 3.61. The van der Waals surface area contributed by atoms with Gasteiger partial charge in [-0.05, 0) is 24.8 Å². The summed E-state index contributed by atoms with van der Waals surface area (Å²) in [5, 5.41) is 8.16. The van der Waals surface area contributed by atoms with Crippen LogP contribution in [-0.4, -0.2) is 28.3 Å². The Labute approximate surface area is 111 Å². The van der Waals surface area contributed by atoms with Gasteiger partial charge in [-0.1, -0.05) is 18.2 Å². The summed E-state index contributed by atoms with van der Waals surface area (Å²) in [6.07, 6.45) is 4.17. The number of aromatic nitrogens is 2. The second kappa shape index (κ2) is 5.01. The van der Waals surface area contributed by atoms with Crippen molar-refractivity contribution < 1.29 is 4.79 Å².